The van der Waals surface area contributed by atoms with Crippen LogP contribution in [-0.2, 0) is 0 Å². The van der Waals surface area contributed by atoms with E-state index in [0.29, 0.717) is 5.56 Å². The SMILES string of the molecule is N#Cc1ccc2ccc(-c3ccc(N(c4ccc(-c5ccc6ccccc6c5)cc4)c4ccc5c(c4)oc4cc6cnccc6cc45)cc3)cc2c1. The summed E-state index contributed by atoms with van der Waals surface area (Å²) < 4.78 is 6.49. The summed E-state index contributed by atoms with van der Waals surface area (Å²) >= 11 is 0. The average molecular weight is 664 g/mol. The van der Waals surface area contributed by atoms with Crippen LogP contribution >= 0.6 is 0 Å². The maximum atomic E-state index is 9.44. The fourth-order valence-electron chi connectivity index (χ4n) is 7.40. The highest BCUT2D eigenvalue weighted by Gasteiger charge is 2.17. The molecule has 2 heterocycles. The Balaban J connectivity index is 1.07. The number of furan rings is 1. The van der Waals surface area contributed by atoms with Crippen LogP contribution in [0, 0.1) is 11.3 Å². The molecule has 0 unspecified atom stereocenters. The van der Waals surface area contributed by atoms with Gasteiger partial charge in [0.1, 0.15) is 11.2 Å². The van der Waals surface area contributed by atoms with E-state index in [9.17, 15) is 5.26 Å². The van der Waals surface area contributed by atoms with Gasteiger partial charge in [-0.2, -0.15) is 5.26 Å². The Hall–Kier alpha value is -7.22. The Morgan fingerprint density at radius 1 is 0.442 bits per heavy atom. The molecule has 0 radical (unpaired) electrons. The third-order valence-corrected chi connectivity index (χ3v) is 10.1. The summed E-state index contributed by atoms with van der Waals surface area (Å²) in [5, 5.41) is 18.4. The van der Waals surface area contributed by atoms with Gasteiger partial charge in [0, 0.05) is 51.7 Å². The molecule has 0 aliphatic carbocycles. The fourth-order valence-corrected chi connectivity index (χ4v) is 7.40. The quantitative estimate of drug-likeness (QED) is 0.184. The molecule has 0 atom stereocenters. The van der Waals surface area contributed by atoms with Gasteiger partial charge in [-0.15, -0.1) is 0 Å². The molecule has 0 aliphatic heterocycles. The first-order valence-electron chi connectivity index (χ1n) is 17.3. The molecule has 2 aromatic heterocycles. The van der Waals surface area contributed by atoms with E-state index in [1.807, 2.05) is 36.7 Å². The lowest BCUT2D eigenvalue weighted by atomic mass is 9.99. The van der Waals surface area contributed by atoms with Gasteiger partial charge >= 0.3 is 0 Å². The molecule has 0 amide bonds. The summed E-state index contributed by atoms with van der Waals surface area (Å²) in [7, 11) is 0. The zero-order valence-corrected chi connectivity index (χ0v) is 28.0. The van der Waals surface area contributed by atoms with E-state index in [-0.39, 0.29) is 0 Å². The molecule has 10 rings (SSSR count). The zero-order chi connectivity index (χ0) is 34.6. The first-order chi connectivity index (χ1) is 25.7. The van der Waals surface area contributed by atoms with Crippen LogP contribution in [0.2, 0.25) is 0 Å². The zero-order valence-electron chi connectivity index (χ0n) is 28.0. The van der Waals surface area contributed by atoms with Crippen LogP contribution in [0.4, 0.5) is 17.1 Å². The molecule has 0 aliphatic rings. The van der Waals surface area contributed by atoms with Gasteiger partial charge in [0.2, 0.25) is 0 Å². The van der Waals surface area contributed by atoms with Crippen molar-refractivity contribution in [3.8, 4) is 28.3 Å². The number of hydrogen-bond donors (Lipinski definition) is 0. The van der Waals surface area contributed by atoms with Gasteiger partial charge in [-0.05, 0) is 128 Å². The number of nitrogens with zero attached hydrogens (tertiary/aromatic N) is 3. The third kappa shape index (κ3) is 5.12. The van der Waals surface area contributed by atoms with Gasteiger partial charge in [0.25, 0.3) is 0 Å². The van der Waals surface area contributed by atoms with E-state index in [4.69, 9.17) is 4.42 Å². The molecular formula is C48H29N3O. The Morgan fingerprint density at radius 2 is 1.04 bits per heavy atom. The van der Waals surface area contributed by atoms with Crippen LogP contribution in [0.5, 0.6) is 0 Å². The predicted octanol–water partition coefficient (Wildman–Crippen LogP) is 13.1. The summed E-state index contributed by atoms with van der Waals surface area (Å²) in [4.78, 5) is 6.58. The maximum Gasteiger partial charge on any atom is 0.137 e. The number of benzene rings is 8. The highest BCUT2D eigenvalue weighted by molar-refractivity contribution is 6.10. The molecule has 0 saturated heterocycles. The van der Waals surface area contributed by atoms with Crippen molar-refractivity contribution in [3.05, 3.63) is 182 Å². The Labute approximate surface area is 300 Å². The monoisotopic (exact) mass is 663 g/mol. The molecule has 52 heavy (non-hydrogen) atoms. The minimum absolute atomic E-state index is 0.661. The molecule has 0 fully saturated rings. The maximum absolute atomic E-state index is 9.44. The van der Waals surface area contributed by atoms with Crippen LogP contribution in [0.15, 0.2) is 181 Å². The molecule has 0 saturated carbocycles. The first kappa shape index (κ1) is 29.7. The second kappa shape index (κ2) is 12.0. The van der Waals surface area contributed by atoms with E-state index in [1.54, 1.807) is 0 Å². The summed E-state index contributed by atoms with van der Waals surface area (Å²) in [5.74, 6) is 0. The van der Waals surface area contributed by atoms with Gasteiger partial charge < -0.3 is 9.32 Å². The van der Waals surface area contributed by atoms with E-state index < -0.39 is 0 Å². The van der Waals surface area contributed by atoms with Crippen LogP contribution in [0.25, 0.3) is 76.5 Å². The minimum Gasteiger partial charge on any atom is -0.456 e. The normalized spacial score (nSPS) is 11.4. The molecular weight excluding hydrogens is 635 g/mol. The van der Waals surface area contributed by atoms with Gasteiger partial charge in [0.05, 0.1) is 11.6 Å². The van der Waals surface area contributed by atoms with Crippen molar-refractivity contribution in [2.45, 2.75) is 0 Å². The standard InChI is InChI=1S/C48H29N3O/c49-29-31-5-6-35-8-10-38(25-40(35)23-31)34-13-17-43(18-14-34)51(42-15-11-33(12-16-42)37-9-7-32-3-1-2-4-36(32)24-37)44-19-20-45-46-26-39-21-22-50-30-41(39)27-47(46)52-48(45)28-44/h1-28,30H. The summed E-state index contributed by atoms with van der Waals surface area (Å²) in [6.07, 6.45) is 3.70. The molecule has 4 heteroatoms. The van der Waals surface area contributed by atoms with E-state index >= 15 is 0 Å². The molecule has 10 aromatic rings. The first-order valence-corrected chi connectivity index (χ1v) is 17.3. The van der Waals surface area contributed by atoms with Crippen molar-refractivity contribution >= 4 is 71.3 Å². The van der Waals surface area contributed by atoms with Crippen molar-refractivity contribution in [1.82, 2.24) is 4.98 Å². The van der Waals surface area contributed by atoms with Gasteiger partial charge in [-0.1, -0.05) is 78.9 Å². The largest absolute Gasteiger partial charge is 0.456 e. The van der Waals surface area contributed by atoms with Gasteiger partial charge in [-0.3, -0.25) is 4.98 Å². The number of aromatic nitrogens is 1. The fraction of sp³-hybridized carbons (Fsp3) is 0. The topological polar surface area (TPSA) is 53.1 Å². The number of nitriles is 1. The molecule has 0 spiro atoms. The number of hydrogen-bond acceptors (Lipinski definition) is 4. The van der Waals surface area contributed by atoms with Crippen molar-refractivity contribution in [2.24, 2.45) is 0 Å². The Kier molecular flexibility index (Phi) is 6.84. The van der Waals surface area contributed by atoms with Crippen LogP contribution < -0.4 is 4.90 Å². The highest BCUT2D eigenvalue weighted by atomic mass is 16.3. The second-order valence-electron chi connectivity index (χ2n) is 13.2. The summed E-state index contributed by atoms with van der Waals surface area (Å²) in [6, 6.07) is 59.8. The molecule has 0 N–H and O–H groups in total. The number of anilines is 3. The van der Waals surface area contributed by atoms with Crippen LogP contribution in [0.1, 0.15) is 5.56 Å². The van der Waals surface area contributed by atoms with Crippen molar-refractivity contribution in [3.63, 3.8) is 0 Å². The smallest absolute Gasteiger partial charge is 0.137 e. The van der Waals surface area contributed by atoms with E-state index in [0.717, 1.165) is 77.2 Å². The third-order valence-electron chi connectivity index (χ3n) is 10.1. The van der Waals surface area contributed by atoms with Gasteiger partial charge in [0.15, 0.2) is 0 Å². The minimum atomic E-state index is 0.661. The van der Waals surface area contributed by atoms with Crippen molar-refractivity contribution in [2.75, 3.05) is 4.90 Å². The number of pyridine rings is 1. The summed E-state index contributed by atoms with van der Waals surface area (Å²) in [5.41, 5.74) is 9.97. The Morgan fingerprint density at radius 3 is 1.77 bits per heavy atom. The lowest BCUT2D eigenvalue weighted by Gasteiger charge is -2.26. The molecule has 242 valence electrons. The second-order valence-corrected chi connectivity index (χ2v) is 13.2. The van der Waals surface area contributed by atoms with Crippen LogP contribution in [0.3, 0.4) is 0 Å². The predicted molar refractivity (Wildman–Crippen MR) is 214 cm³/mol. The molecule has 0 bridgehead atoms. The van der Waals surface area contributed by atoms with Crippen molar-refractivity contribution in [1.29, 1.82) is 5.26 Å². The average Bonchev–Trinajstić information content (AvgIpc) is 3.56. The number of fused-ring (bicyclic) bond motifs is 6. The Bertz CT molecular complexity index is 3030. The van der Waals surface area contributed by atoms with E-state index in [1.165, 1.54) is 16.3 Å². The molecule has 8 aromatic carbocycles. The highest BCUT2D eigenvalue weighted by Crippen LogP contribution is 2.40. The molecule has 4 nitrogen and oxygen atoms in total. The lowest BCUT2D eigenvalue weighted by Crippen LogP contribution is -2.09. The lowest BCUT2D eigenvalue weighted by molar-refractivity contribution is 0.669. The van der Waals surface area contributed by atoms with E-state index in [2.05, 4.69) is 155 Å². The van der Waals surface area contributed by atoms with Crippen LogP contribution in [-0.4, -0.2) is 4.98 Å². The number of rotatable bonds is 5. The van der Waals surface area contributed by atoms with Crippen molar-refractivity contribution < 1.29 is 4.42 Å². The summed E-state index contributed by atoms with van der Waals surface area (Å²) in [6.45, 7) is 0. The van der Waals surface area contributed by atoms with Gasteiger partial charge in [-0.25, -0.2) is 0 Å².